The molecule has 0 aliphatic heterocycles. The largest absolute Gasteiger partial charge is 0.481 e. The summed E-state index contributed by atoms with van der Waals surface area (Å²) in [5.74, 6) is 9.57. The number of hydrogen-bond donors (Lipinski definition) is 3. The number of benzene rings is 2. The molecule has 0 radical (unpaired) electrons. The lowest BCUT2D eigenvalue weighted by Gasteiger charge is -2.17. The van der Waals surface area contributed by atoms with Crippen molar-refractivity contribution in [3.8, 4) is 0 Å². The topological polar surface area (TPSA) is 114 Å². The third kappa shape index (κ3) is 5.95. The predicted octanol–water partition coefficient (Wildman–Crippen LogP) is 3.03. The molecule has 6 nitrogen and oxygen atoms in total. The highest BCUT2D eigenvalue weighted by atomic mass is 16.4. The summed E-state index contributed by atoms with van der Waals surface area (Å²) >= 11 is 0. The smallest absolute Gasteiger partial charge is 0.303 e. The molecule has 6 heteroatoms. The summed E-state index contributed by atoms with van der Waals surface area (Å²) in [5, 5.41) is 16.5. The van der Waals surface area contributed by atoms with Gasteiger partial charge in [0, 0.05) is 0 Å². The molecule has 1 atom stereocenters. The van der Waals surface area contributed by atoms with Crippen LogP contribution in [0.1, 0.15) is 53.5 Å². The Balaban J connectivity index is 2.22. The summed E-state index contributed by atoms with van der Waals surface area (Å²) in [6, 6.07) is 13.8. The number of carboxylic acid groups (broad SMARTS) is 1. The van der Waals surface area contributed by atoms with Gasteiger partial charge in [-0.2, -0.15) is 10.2 Å². The van der Waals surface area contributed by atoms with Gasteiger partial charge in [0.05, 0.1) is 18.9 Å². The van der Waals surface area contributed by atoms with Crippen molar-refractivity contribution in [2.24, 2.45) is 21.9 Å². The molecule has 2 aromatic rings. The highest BCUT2D eigenvalue weighted by molar-refractivity contribution is 5.80. The molecule has 142 valence electrons. The number of aryl methyl sites for hydroxylation is 2. The fourth-order valence-corrected chi connectivity index (χ4v) is 3.29. The maximum absolute atomic E-state index is 11.4. The predicted molar refractivity (Wildman–Crippen MR) is 109 cm³/mol. The van der Waals surface area contributed by atoms with Gasteiger partial charge in [0.1, 0.15) is 0 Å². The molecule has 27 heavy (non-hydrogen) atoms. The van der Waals surface area contributed by atoms with Crippen LogP contribution >= 0.6 is 0 Å². The zero-order valence-corrected chi connectivity index (χ0v) is 15.5. The Bertz CT molecular complexity index is 831. The minimum Gasteiger partial charge on any atom is -0.481 e. The number of nitrogens with two attached hydrogens (primary N) is 2. The molecule has 0 aromatic heterocycles. The molecule has 0 spiro atoms. The normalized spacial score (nSPS) is 12.6. The second-order valence-electron chi connectivity index (χ2n) is 6.44. The Kier molecular flexibility index (Phi) is 7.55. The Hall–Kier alpha value is -3.15. The van der Waals surface area contributed by atoms with Gasteiger partial charge in [0.15, 0.2) is 0 Å². The summed E-state index contributed by atoms with van der Waals surface area (Å²) < 4.78 is 0. The molecular formula is C21H26N4O2. The van der Waals surface area contributed by atoms with E-state index in [-0.39, 0.29) is 12.3 Å². The number of carbonyl (C=O) groups is 1. The van der Waals surface area contributed by atoms with Crippen LogP contribution in [0.3, 0.4) is 0 Å². The first-order valence-corrected chi connectivity index (χ1v) is 8.97. The molecular weight excluding hydrogens is 340 g/mol. The van der Waals surface area contributed by atoms with Crippen LogP contribution in [0.5, 0.6) is 0 Å². The molecule has 5 N–H and O–H groups in total. The van der Waals surface area contributed by atoms with E-state index in [0.29, 0.717) is 0 Å². The quantitative estimate of drug-likeness (QED) is 0.359. The van der Waals surface area contributed by atoms with Crippen molar-refractivity contribution in [2.75, 3.05) is 0 Å². The van der Waals surface area contributed by atoms with Crippen molar-refractivity contribution >= 4 is 18.4 Å². The average molecular weight is 366 g/mol. The summed E-state index contributed by atoms with van der Waals surface area (Å²) in [5.41, 5.74) is 5.27. The van der Waals surface area contributed by atoms with E-state index in [1.807, 2.05) is 30.3 Å². The molecule has 0 heterocycles. The standard InChI is InChI=1S/C21H26N4O2/c1-2-17-10-16(14-25-23)6-7-18(17)8-9-20(12-21(26)27)19-5-3-4-15(11-19)13-24-22/h3-7,10-11,13-14,20H,2,8-9,12,22-23H2,1H3,(H,26,27). The van der Waals surface area contributed by atoms with E-state index in [9.17, 15) is 9.90 Å². The first kappa shape index (κ1) is 20.2. The number of rotatable bonds is 9. The van der Waals surface area contributed by atoms with Crippen molar-refractivity contribution < 1.29 is 9.90 Å². The van der Waals surface area contributed by atoms with Crippen LogP contribution in [-0.2, 0) is 17.6 Å². The van der Waals surface area contributed by atoms with Gasteiger partial charge in [-0.25, -0.2) is 0 Å². The summed E-state index contributed by atoms with van der Waals surface area (Å²) in [6.45, 7) is 2.10. The van der Waals surface area contributed by atoms with E-state index < -0.39 is 5.97 Å². The number of carboxylic acids is 1. The lowest BCUT2D eigenvalue weighted by molar-refractivity contribution is -0.137. The zero-order chi connectivity index (χ0) is 19.6. The number of hydrazone groups is 2. The van der Waals surface area contributed by atoms with Gasteiger partial charge < -0.3 is 16.8 Å². The van der Waals surface area contributed by atoms with Gasteiger partial charge in [-0.1, -0.05) is 37.3 Å². The summed E-state index contributed by atoms with van der Waals surface area (Å²) in [6.07, 6.45) is 5.72. The molecule has 0 bridgehead atoms. The summed E-state index contributed by atoms with van der Waals surface area (Å²) in [7, 11) is 0. The third-order valence-electron chi connectivity index (χ3n) is 4.62. The van der Waals surface area contributed by atoms with Crippen molar-refractivity contribution in [3.05, 3.63) is 70.3 Å². The van der Waals surface area contributed by atoms with Crippen molar-refractivity contribution in [2.45, 2.75) is 38.5 Å². The number of nitrogens with zero attached hydrogens (tertiary/aromatic N) is 2. The van der Waals surface area contributed by atoms with E-state index >= 15 is 0 Å². The Morgan fingerprint density at radius 2 is 1.78 bits per heavy atom. The molecule has 0 amide bonds. The lowest BCUT2D eigenvalue weighted by Crippen LogP contribution is -2.09. The van der Waals surface area contributed by atoms with Gasteiger partial charge in [0.2, 0.25) is 0 Å². The molecule has 0 saturated heterocycles. The molecule has 1 unspecified atom stereocenters. The molecule has 2 rings (SSSR count). The van der Waals surface area contributed by atoms with Crippen LogP contribution in [0.4, 0.5) is 0 Å². The van der Waals surface area contributed by atoms with Gasteiger partial charge in [-0.05, 0) is 65.1 Å². The van der Waals surface area contributed by atoms with Gasteiger partial charge in [-0.15, -0.1) is 0 Å². The fraction of sp³-hybridized carbons (Fsp3) is 0.286. The minimum atomic E-state index is -0.803. The fourth-order valence-electron chi connectivity index (χ4n) is 3.29. The molecule has 0 aliphatic carbocycles. The second kappa shape index (κ2) is 10.1. The number of aliphatic carboxylic acids is 1. The van der Waals surface area contributed by atoms with Crippen LogP contribution in [0.2, 0.25) is 0 Å². The van der Waals surface area contributed by atoms with E-state index in [4.69, 9.17) is 11.7 Å². The van der Waals surface area contributed by atoms with Crippen LogP contribution in [0.15, 0.2) is 52.7 Å². The molecule has 0 aliphatic rings. The maximum Gasteiger partial charge on any atom is 0.303 e. The molecule has 0 fully saturated rings. The van der Waals surface area contributed by atoms with E-state index in [0.717, 1.165) is 36.0 Å². The van der Waals surface area contributed by atoms with Crippen LogP contribution < -0.4 is 11.7 Å². The van der Waals surface area contributed by atoms with Crippen LogP contribution in [0, 0.1) is 0 Å². The Morgan fingerprint density at radius 1 is 1.07 bits per heavy atom. The van der Waals surface area contributed by atoms with E-state index in [1.165, 1.54) is 11.1 Å². The maximum atomic E-state index is 11.4. The van der Waals surface area contributed by atoms with Crippen molar-refractivity contribution in [1.29, 1.82) is 0 Å². The van der Waals surface area contributed by atoms with Gasteiger partial charge in [0.25, 0.3) is 0 Å². The number of hydrogen-bond acceptors (Lipinski definition) is 5. The minimum absolute atomic E-state index is 0.0800. The molecule has 0 saturated carbocycles. The first-order chi connectivity index (χ1) is 13.1. The van der Waals surface area contributed by atoms with E-state index in [1.54, 1.807) is 12.4 Å². The SMILES string of the molecule is CCc1cc(C=NN)ccc1CCC(CC(=O)O)c1cccc(C=NN)c1. The highest BCUT2D eigenvalue weighted by Crippen LogP contribution is 2.27. The lowest BCUT2D eigenvalue weighted by atomic mass is 9.87. The third-order valence-corrected chi connectivity index (χ3v) is 4.62. The van der Waals surface area contributed by atoms with Crippen molar-refractivity contribution in [1.82, 2.24) is 0 Å². The molecule has 2 aromatic carbocycles. The van der Waals surface area contributed by atoms with Crippen molar-refractivity contribution in [3.63, 3.8) is 0 Å². The second-order valence-corrected chi connectivity index (χ2v) is 6.44. The van der Waals surface area contributed by atoms with Gasteiger partial charge >= 0.3 is 5.97 Å². The first-order valence-electron chi connectivity index (χ1n) is 8.97. The van der Waals surface area contributed by atoms with Gasteiger partial charge in [-0.3, -0.25) is 4.79 Å². The highest BCUT2D eigenvalue weighted by Gasteiger charge is 2.17. The Morgan fingerprint density at radius 3 is 2.41 bits per heavy atom. The monoisotopic (exact) mass is 366 g/mol. The Labute approximate surface area is 159 Å². The average Bonchev–Trinajstić information content (AvgIpc) is 2.66. The van der Waals surface area contributed by atoms with Crippen LogP contribution in [-0.4, -0.2) is 23.5 Å². The zero-order valence-electron chi connectivity index (χ0n) is 15.5. The van der Waals surface area contributed by atoms with E-state index in [2.05, 4.69) is 29.3 Å². The van der Waals surface area contributed by atoms with Crippen LogP contribution in [0.25, 0.3) is 0 Å². The summed E-state index contributed by atoms with van der Waals surface area (Å²) in [4.78, 5) is 11.4.